The van der Waals surface area contributed by atoms with Crippen molar-refractivity contribution in [3.63, 3.8) is 0 Å². The van der Waals surface area contributed by atoms with Crippen LogP contribution in [-0.2, 0) is 9.53 Å². The highest BCUT2D eigenvalue weighted by molar-refractivity contribution is 7.19. The molecule has 0 saturated carbocycles. The first kappa shape index (κ1) is 22.2. The average Bonchev–Trinajstić information content (AvgIpc) is 3.44. The standard InChI is InChI=1S/C20H22ClN7O3S/c1-30-15-5-3-12(4-6-15)17(31-2)18(29)24-20-27-26-19(32-20)23-14-7-8-28(11-14)16-9-13(21)10-22-25-16/h3-6,9-10,14,17H,7-8,11H2,1-2H3,(H,23,26)(H,24,27,29)/t14-,17-/m1/s1. The summed E-state index contributed by atoms with van der Waals surface area (Å²) in [5.41, 5.74) is 0.712. The summed E-state index contributed by atoms with van der Waals surface area (Å²) < 4.78 is 10.5. The van der Waals surface area contributed by atoms with E-state index < -0.39 is 6.10 Å². The first-order valence-corrected chi connectivity index (χ1v) is 11.1. The van der Waals surface area contributed by atoms with E-state index in [4.69, 9.17) is 21.1 Å². The number of nitrogens with zero attached hydrogens (tertiary/aromatic N) is 5. The van der Waals surface area contributed by atoms with Crippen molar-refractivity contribution in [1.29, 1.82) is 0 Å². The third kappa shape index (κ3) is 5.23. The van der Waals surface area contributed by atoms with Crippen molar-refractivity contribution in [3.05, 3.63) is 47.1 Å². The van der Waals surface area contributed by atoms with E-state index in [1.165, 1.54) is 24.6 Å². The normalized spacial score (nSPS) is 16.6. The lowest BCUT2D eigenvalue weighted by atomic mass is 10.1. The van der Waals surface area contributed by atoms with Crippen molar-refractivity contribution in [1.82, 2.24) is 20.4 Å². The fourth-order valence-corrected chi connectivity index (χ4v) is 4.29. The molecule has 0 radical (unpaired) electrons. The number of halogens is 1. The third-order valence-corrected chi connectivity index (χ3v) is 5.97. The van der Waals surface area contributed by atoms with Crippen LogP contribution >= 0.6 is 22.9 Å². The van der Waals surface area contributed by atoms with Gasteiger partial charge in [-0.25, -0.2) is 0 Å². The van der Waals surface area contributed by atoms with Gasteiger partial charge in [-0.3, -0.25) is 10.1 Å². The Morgan fingerprint density at radius 3 is 2.72 bits per heavy atom. The first-order valence-electron chi connectivity index (χ1n) is 9.86. The summed E-state index contributed by atoms with van der Waals surface area (Å²) in [5.74, 6) is 1.12. The number of benzene rings is 1. The van der Waals surface area contributed by atoms with Gasteiger partial charge in [0.25, 0.3) is 5.91 Å². The van der Waals surface area contributed by atoms with Gasteiger partial charge >= 0.3 is 0 Å². The van der Waals surface area contributed by atoms with Crippen LogP contribution in [0.25, 0.3) is 0 Å². The summed E-state index contributed by atoms with van der Waals surface area (Å²) in [5, 5.41) is 24.0. The molecular weight excluding hydrogens is 454 g/mol. The Hall–Kier alpha value is -3.02. The number of anilines is 3. The predicted molar refractivity (Wildman–Crippen MR) is 123 cm³/mol. The zero-order valence-corrected chi connectivity index (χ0v) is 19.1. The van der Waals surface area contributed by atoms with E-state index in [0.29, 0.717) is 26.6 Å². The highest BCUT2D eigenvalue weighted by atomic mass is 35.5. The second-order valence-corrected chi connectivity index (χ2v) is 8.51. The van der Waals surface area contributed by atoms with Crippen molar-refractivity contribution in [3.8, 4) is 5.75 Å². The van der Waals surface area contributed by atoms with Crippen LogP contribution in [0.15, 0.2) is 36.5 Å². The molecule has 1 amide bonds. The predicted octanol–water partition coefficient (Wildman–Crippen LogP) is 3.01. The monoisotopic (exact) mass is 475 g/mol. The zero-order valence-electron chi connectivity index (χ0n) is 17.5. The van der Waals surface area contributed by atoms with Crippen molar-refractivity contribution >= 4 is 44.9 Å². The van der Waals surface area contributed by atoms with E-state index in [1.807, 2.05) is 0 Å². The van der Waals surface area contributed by atoms with Crippen molar-refractivity contribution in [2.24, 2.45) is 0 Å². The van der Waals surface area contributed by atoms with Gasteiger partial charge in [0.2, 0.25) is 10.3 Å². The third-order valence-electron chi connectivity index (χ3n) is 5.00. The van der Waals surface area contributed by atoms with Gasteiger partial charge in [-0.1, -0.05) is 35.1 Å². The van der Waals surface area contributed by atoms with Crippen LogP contribution in [0.2, 0.25) is 5.02 Å². The number of hydrogen-bond acceptors (Lipinski definition) is 10. The number of carbonyl (C=O) groups is 1. The van der Waals surface area contributed by atoms with Crippen LogP contribution in [0, 0.1) is 0 Å². The van der Waals surface area contributed by atoms with Gasteiger partial charge in [-0.15, -0.1) is 15.3 Å². The molecule has 1 aromatic carbocycles. The summed E-state index contributed by atoms with van der Waals surface area (Å²) in [6.45, 7) is 1.56. The van der Waals surface area contributed by atoms with Crippen LogP contribution in [0.3, 0.4) is 0 Å². The average molecular weight is 476 g/mol. The molecule has 10 nitrogen and oxygen atoms in total. The highest BCUT2D eigenvalue weighted by Gasteiger charge is 2.26. The van der Waals surface area contributed by atoms with Gasteiger partial charge in [0, 0.05) is 32.3 Å². The Bertz CT molecular complexity index is 1070. The number of ether oxygens (including phenoxy) is 2. The van der Waals surface area contributed by atoms with Crippen molar-refractivity contribution in [2.75, 3.05) is 42.8 Å². The second-order valence-electron chi connectivity index (χ2n) is 7.10. The van der Waals surface area contributed by atoms with Crippen LogP contribution < -0.4 is 20.3 Å². The summed E-state index contributed by atoms with van der Waals surface area (Å²) in [7, 11) is 3.07. The molecule has 0 aliphatic carbocycles. The van der Waals surface area contributed by atoms with E-state index in [2.05, 4.69) is 35.9 Å². The van der Waals surface area contributed by atoms with Crippen LogP contribution in [-0.4, -0.2) is 59.7 Å². The summed E-state index contributed by atoms with van der Waals surface area (Å²) >= 11 is 7.28. The van der Waals surface area contributed by atoms with Gasteiger partial charge in [-0.2, -0.15) is 5.10 Å². The maximum absolute atomic E-state index is 12.7. The molecule has 0 bridgehead atoms. The fourth-order valence-electron chi connectivity index (χ4n) is 3.42. The van der Waals surface area contributed by atoms with Crippen molar-refractivity contribution < 1.29 is 14.3 Å². The Labute approximate surface area is 193 Å². The van der Waals surface area contributed by atoms with Crippen LogP contribution in [0.5, 0.6) is 5.75 Å². The zero-order chi connectivity index (χ0) is 22.5. The van der Waals surface area contributed by atoms with Crippen LogP contribution in [0.1, 0.15) is 18.1 Å². The molecule has 12 heteroatoms. The number of rotatable bonds is 8. The maximum Gasteiger partial charge on any atom is 0.259 e. The lowest BCUT2D eigenvalue weighted by Crippen LogP contribution is -2.26. The molecule has 1 fully saturated rings. The first-order chi connectivity index (χ1) is 15.6. The molecule has 3 heterocycles. The number of nitrogens with one attached hydrogen (secondary N) is 2. The Balaban J connectivity index is 1.33. The van der Waals surface area contributed by atoms with E-state index in [1.54, 1.807) is 37.4 Å². The number of amides is 1. The largest absolute Gasteiger partial charge is 0.497 e. The Kier molecular flexibility index (Phi) is 6.98. The molecule has 1 aliphatic heterocycles. The van der Waals surface area contributed by atoms with Crippen LogP contribution in [0.4, 0.5) is 16.1 Å². The summed E-state index contributed by atoms with van der Waals surface area (Å²) in [4.78, 5) is 14.8. The minimum atomic E-state index is -0.775. The molecule has 1 aliphatic rings. The topological polar surface area (TPSA) is 114 Å². The van der Waals surface area contributed by atoms with Gasteiger partial charge in [-0.05, 0) is 24.1 Å². The minimum absolute atomic E-state index is 0.165. The van der Waals surface area contributed by atoms with E-state index in [-0.39, 0.29) is 11.9 Å². The minimum Gasteiger partial charge on any atom is -0.497 e. The molecule has 2 atom stereocenters. The Morgan fingerprint density at radius 2 is 2.00 bits per heavy atom. The molecule has 3 aromatic rings. The molecule has 4 rings (SSSR count). The number of hydrogen-bond donors (Lipinski definition) is 2. The molecule has 168 valence electrons. The number of carbonyl (C=O) groups excluding carboxylic acids is 1. The van der Waals surface area contributed by atoms with Gasteiger partial charge < -0.3 is 19.7 Å². The van der Waals surface area contributed by atoms with Gasteiger partial charge in [0.1, 0.15) is 5.75 Å². The fraction of sp³-hybridized carbons (Fsp3) is 0.350. The lowest BCUT2D eigenvalue weighted by molar-refractivity contribution is -0.126. The smallest absolute Gasteiger partial charge is 0.259 e. The molecule has 0 unspecified atom stereocenters. The van der Waals surface area contributed by atoms with E-state index in [0.717, 1.165) is 25.3 Å². The molecule has 0 spiro atoms. The number of aromatic nitrogens is 4. The van der Waals surface area contributed by atoms with E-state index >= 15 is 0 Å². The molecule has 2 aromatic heterocycles. The molecule has 32 heavy (non-hydrogen) atoms. The summed E-state index contributed by atoms with van der Waals surface area (Å²) in [6, 6.07) is 9.09. The highest BCUT2D eigenvalue weighted by Crippen LogP contribution is 2.27. The SMILES string of the molecule is COc1ccc([C@@H](OC)C(=O)Nc2nnc(N[C@@H]3CCN(c4cc(Cl)cnn4)C3)s2)cc1. The van der Waals surface area contributed by atoms with Gasteiger partial charge in [0.05, 0.1) is 18.3 Å². The molecule has 1 saturated heterocycles. The van der Waals surface area contributed by atoms with Gasteiger partial charge in [0.15, 0.2) is 11.9 Å². The quantitative estimate of drug-likeness (QED) is 0.507. The van der Waals surface area contributed by atoms with Crippen molar-refractivity contribution in [2.45, 2.75) is 18.6 Å². The van der Waals surface area contributed by atoms with E-state index in [9.17, 15) is 4.79 Å². The second kappa shape index (κ2) is 10.1. The maximum atomic E-state index is 12.7. The number of methoxy groups -OCH3 is 2. The molecule has 2 N–H and O–H groups in total. The summed E-state index contributed by atoms with van der Waals surface area (Å²) in [6.07, 6.45) is 1.64. The lowest BCUT2D eigenvalue weighted by Gasteiger charge is -2.17. The Morgan fingerprint density at radius 1 is 1.22 bits per heavy atom. The molecular formula is C20H22ClN7O3S.